The van der Waals surface area contributed by atoms with Crippen molar-refractivity contribution in [2.75, 3.05) is 6.54 Å². The Morgan fingerprint density at radius 1 is 1.03 bits per heavy atom. The van der Waals surface area contributed by atoms with Crippen LogP contribution >= 0.6 is 0 Å². The number of hydrogen-bond donors (Lipinski definition) is 3. The second-order valence-electron chi connectivity index (χ2n) is 6.62. The molecule has 4 rings (SSSR count). The molecule has 2 aromatic heterocycles. The Hall–Kier alpha value is -3.94. The summed E-state index contributed by atoms with van der Waals surface area (Å²) in [5.41, 5.74) is 1.35. The molecule has 1 amide bonds. The number of fused-ring (bicyclic) bond motifs is 2. The number of carboxylic acid groups (broad SMARTS) is 1. The summed E-state index contributed by atoms with van der Waals surface area (Å²) in [4.78, 5) is 39.6. The van der Waals surface area contributed by atoms with Gasteiger partial charge in [-0.25, -0.2) is 9.48 Å². The normalized spacial score (nSPS) is 11.0. The fourth-order valence-corrected chi connectivity index (χ4v) is 3.37. The van der Waals surface area contributed by atoms with Gasteiger partial charge in [0.15, 0.2) is 5.69 Å². The van der Waals surface area contributed by atoms with E-state index in [1.807, 2.05) is 30.5 Å². The van der Waals surface area contributed by atoms with Gasteiger partial charge < -0.3 is 15.4 Å². The minimum Gasteiger partial charge on any atom is -0.476 e. The minimum atomic E-state index is -1.25. The van der Waals surface area contributed by atoms with Crippen molar-refractivity contribution >= 4 is 33.6 Å². The van der Waals surface area contributed by atoms with Crippen LogP contribution in [0.4, 0.5) is 0 Å². The van der Waals surface area contributed by atoms with Crippen LogP contribution < -0.4 is 10.9 Å². The number of amides is 1. The van der Waals surface area contributed by atoms with E-state index in [0.29, 0.717) is 13.0 Å². The number of carbonyl (C=O) groups excluding carboxylic acids is 1. The maximum absolute atomic E-state index is 12.6. The van der Waals surface area contributed by atoms with Crippen molar-refractivity contribution in [1.82, 2.24) is 20.1 Å². The number of para-hydroxylation sites is 1. The predicted octanol–water partition coefficient (Wildman–Crippen LogP) is 1.93. The summed E-state index contributed by atoms with van der Waals surface area (Å²) in [6, 6.07) is 14.2. The SMILES string of the molecule is O=C(Cn1nc(C(=O)O)c2ccccc2c1=O)NCCc1c[nH]c2ccccc12. The fraction of sp³-hybridized carbons (Fsp3) is 0.143. The Labute approximate surface area is 164 Å². The van der Waals surface area contributed by atoms with Crippen LogP contribution in [-0.4, -0.2) is 38.3 Å². The lowest BCUT2D eigenvalue weighted by molar-refractivity contribution is -0.121. The molecule has 0 saturated carbocycles. The van der Waals surface area contributed by atoms with Gasteiger partial charge >= 0.3 is 5.97 Å². The molecule has 2 heterocycles. The zero-order valence-corrected chi connectivity index (χ0v) is 15.4. The van der Waals surface area contributed by atoms with Gasteiger partial charge in [0.05, 0.1) is 5.39 Å². The molecule has 4 aromatic rings. The number of nitrogens with zero attached hydrogens (tertiary/aromatic N) is 2. The van der Waals surface area contributed by atoms with Gasteiger partial charge in [-0.2, -0.15) is 5.10 Å². The molecular weight excluding hydrogens is 372 g/mol. The molecule has 0 radical (unpaired) electrons. The molecule has 8 heteroatoms. The first-order chi connectivity index (χ1) is 14.0. The highest BCUT2D eigenvalue weighted by atomic mass is 16.4. The summed E-state index contributed by atoms with van der Waals surface area (Å²) in [5.74, 6) is -1.67. The monoisotopic (exact) mass is 390 g/mol. The van der Waals surface area contributed by atoms with Crippen LogP contribution in [0.15, 0.2) is 59.5 Å². The van der Waals surface area contributed by atoms with E-state index in [-0.39, 0.29) is 23.0 Å². The van der Waals surface area contributed by atoms with E-state index < -0.39 is 17.4 Å². The van der Waals surface area contributed by atoms with Crippen LogP contribution in [0.2, 0.25) is 0 Å². The number of hydrogen-bond acceptors (Lipinski definition) is 4. The van der Waals surface area contributed by atoms with Gasteiger partial charge in [0.2, 0.25) is 5.91 Å². The molecule has 0 aliphatic rings. The lowest BCUT2D eigenvalue weighted by atomic mass is 10.1. The zero-order valence-electron chi connectivity index (χ0n) is 15.4. The molecule has 3 N–H and O–H groups in total. The summed E-state index contributed by atoms with van der Waals surface area (Å²) in [6.07, 6.45) is 2.53. The van der Waals surface area contributed by atoms with Crippen molar-refractivity contribution in [2.24, 2.45) is 0 Å². The molecular formula is C21H18N4O4. The van der Waals surface area contributed by atoms with Gasteiger partial charge in [-0.3, -0.25) is 9.59 Å². The highest BCUT2D eigenvalue weighted by Gasteiger charge is 2.17. The number of H-pyrrole nitrogens is 1. The molecule has 2 aromatic carbocycles. The van der Waals surface area contributed by atoms with Gasteiger partial charge in [-0.1, -0.05) is 36.4 Å². The van der Waals surface area contributed by atoms with E-state index in [1.165, 1.54) is 12.1 Å². The van der Waals surface area contributed by atoms with Crippen molar-refractivity contribution in [1.29, 1.82) is 0 Å². The topological polar surface area (TPSA) is 117 Å². The van der Waals surface area contributed by atoms with Gasteiger partial charge in [-0.15, -0.1) is 0 Å². The van der Waals surface area contributed by atoms with Crippen LogP contribution in [0.3, 0.4) is 0 Å². The van der Waals surface area contributed by atoms with Crippen LogP contribution in [0.25, 0.3) is 21.7 Å². The molecule has 0 aliphatic carbocycles. The summed E-state index contributed by atoms with van der Waals surface area (Å²) < 4.78 is 0.896. The molecule has 0 fully saturated rings. The van der Waals surface area contributed by atoms with E-state index in [1.54, 1.807) is 12.1 Å². The standard InChI is InChI=1S/C21H18N4O4/c26-18(22-10-9-13-11-23-17-8-4-3-5-14(13)17)12-25-20(27)16-7-2-1-6-15(16)19(24-25)21(28)29/h1-8,11,23H,9-10,12H2,(H,22,26)(H,28,29). The number of aromatic nitrogens is 3. The third kappa shape index (κ3) is 3.60. The van der Waals surface area contributed by atoms with E-state index in [0.717, 1.165) is 21.1 Å². The summed E-state index contributed by atoms with van der Waals surface area (Å²) in [7, 11) is 0. The molecule has 0 saturated heterocycles. The van der Waals surface area contributed by atoms with Crippen molar-refractivity contribution in [3.63, 3.8) is 0 Å². The average Bonchev–Trinajstić information content (AvgIpc) is 3.13. The van der Waals surface area contributed by atoms with Crippen molar-refractivity contribution < 1.29 is 14.7 Å². The number of carboxylic acids is 1. The molecule has 0 bridgehead atoms. The largest absolute Gasteiger partial charge is 0.476 e. The zero-order chi connectivity index (χ0) is 20.4. The van der Waals surface area contributed by atoms with E-state index in [2.05, 4.69) is 15.4 Å². The Bertz CT molecular complexity index is 1290. The maximum Gasteiger partial charge on any atom is 0.357 e. The van der Waals surface area contributed by atoms with Crippen LogP contribution in [-0.2, 0) is 17.8 Å². The Kier molecular flexibility index (Phi) is 4.82. The number of benzene rings is 2. The van der Waals surface area contributed by atoms with E-state index in [4.69, 9.17) is 0 Å². The maximum atomic E-state index is 12.6. The van der Waals surface area contributed by atoms with Gasteiger partial charge in [0.25, 0.3) is 5.56 Å². The molecule has 29 heavy (non-hydrogen) atoms. The Morgan fingerprint density at radius 3 is 2.48 bits per heavy atom. The van der Waals surface area contributed by atoms with Gasteiger partial charge in [-0.05, 0) is 24.1 Å². The summed E-state index contributed by atoms with van der Waals surface area (Å²) in [6.45, 7) is 0.0344. The molecule has 0 atom stereocenters. The van der Waals surface area contributed by atoms with Crippen LogP contribution in [0.5, 0.6) is 0 Å². The molecule has 0 aliphatic heterocycles. The van der Waals surface area contributed by atoms with Crippen LogP contribution in [0.1, 0.15) is 16.1 Å². The number of carbonyl (C=O) groups is 2. The average molecular weight is 390 g/mol. The summed E-state index contributed by atoms with van der Waals surface area (Å²) >= 11 is 0. The third-order valence-corrected chi connectivity index (χ3v) is 4.76. The van der Waals surface area contributed by atoms with E-state index >= 15 is 0 Å². The second kappa shape index (κ2) is 7.59. The first-order valence-corrected chi connectivity index (χ1v) is 9.09. The van der Waals surface area contributed by atoms with Crippen LogP contribution in [0, 0.1) is 0 Å². The third-order valence-electron chi connectivity index (χ3n) is 4.76. The Balaban J connectivity index is 1.48. The molecule has 8 nitrogen and oxygen atoms in total. The first-order valence-electron chi connectivity index (χ1n) is 9.09. The molecule has 0 spiro atoms. The van der Waals surface area contributed by atoms with Gasteiger partial charge in [0, 0.05) is 29.0 Å². The van der Waals surface area contributed by atoms with Crippen molar-refractivity contribution in [3.05, 3.63) is 76.3 Å². The highest BCUT2D eigenvalue weighted by Crippen LogP contribution is 2.17. The number of rotatable bonds is 6. The van der Waals surface area contributed by atoms with Gasteiger partial charge in [0.1, 0.15) is 6.54 Å². The number of aromatic amines is 1. The summed E-state index contributed by atoms with van der Waals surface area (Å²) in [5, 5.41) is 17.6. The quantitative estimate of drug-likeness (QED) is 0.465. The fourth-order valence-electron chi connectivity index (χ4n) is 3.37. The lowest BCUT2D eigenvalue weighted by Gasteiger charge is -2.09. The molecule has 146 valence electrons. The number of nitrogens with one attached hydrogen (secondary N) is 2. The Morgan fingerprint density at radius 2 is 1.72 bits per heavy atom. The first kappa shape index (κ1) is 18.4. The molecule has 0 unspecified atom stereocenters. The number of aromatic carboxylic acids is 1. The van der Waals surface area contributed by atoms with Crippen molar-refractivity contribution in [3.8, 4) is 0 Å². The lowest BCUT2D eigenvalue weighted by Crippen LogP contribution is -2.35. The second-order valence-corrected chi connectivity index (χ2v) is 6.62. The minimum absolute atomic E-state index is 0.214. The predicted molar refractivity (Wildman–Crippen MR) is 108 cm³/mol. The van der Waals surface area contributed by atoms with E-state index in [9.17, 15) is 19.5 Å². The highest BCUT2D eigenvalue weighted by molar-refractivity contribution is 6.01. The smallest absolute Gasteiger partial charge is 0.357 e. The van der Waals surface area contributed by atoms with Crippen molar-refractivity contribution in [2.45, 2.75) is 13.0 Å².